The molecule has 1 rings (SSSR count). The van der Waals surface area contributed by atoms with Crippen LogP contribution in [0.2, 0.25) is 5.15 Å². The average molecular weight is 202 g/mol. The zero-order valence-corrected chi connectivity index (χ0v) is 7.62. The molecule has 1 aromatic rings. The minimum Gasteiger partial charge on any atom is -0.480 e. The summed E-state index contributed by atoms with van der Waals surface area (Å²) in [6.45, 7) is 1.51. The van der Waals surface area contributed by atoms with E-state index in [1.165, 1.54) is 13.0 Å². The Morgan fingerprint density at radius 1 is 1.62 bits per heavy atom. The highest BCUT2D eigenvalue weighted by molar-refractivity contribution is 6.29. The van der Waals surface area contributed by atoms with E-state index >= 15 is 0 Å². The number of rotatable bonds is 3. The maximum Gasteiger partial charge on any atom is 0.325 e. The molecule has 0 saturated carbocycles. The maximum atomic E-state index is 10.4. The van der Waals surface area contributed by atoms with E-state index in [4.69, 9.17) is 16.7 Å². The van der Waals surface area contributed by atoms with Crippen LogP contribution in [0.1, 0.15) is 6.92 Å². The molecular weight excluding hydrogens is 194 g/mol. The third kappa shape index (κ3) is 2.87. The molecule has 1 aromatic heterocycles. The van der Waals surface area contributed by atoms with Gasteiger partial charge in [0.15, 0.2) is 5.15 Å². The van der Waals surface area contributed by atoms with Crippen molar-refractivity contribution < 1.29 is 9.90 Å². The van der Waals surface area contributed by atoms with E-state index in [1.807, 2.05) is 0 Å². The summed E-state index contributed by atoms with van der Waals surface area (Å²) in [5, 5.41) is 18.7. The number of hydrogen-bond donors (Lipinski definition) is 2. The highest BCUT2D eigenvalue weighted by Gasteiger charge is 2.10. The molecule has 13 heavy (non-hydrogen) atoms. The zero-order valence-electron chi connectivity index (χ0n) is 6.86. The van der Waals surface area contributed by atoms with Crippen molar-refractivity contribution in [2.24, 2.45) is 0 Å². The van der Waals surface area contributed by atoms with Crippen molar-refractivity contribution in [2.75, 3.05) is 5.32 Å². The highest BCUT2D eigenvalue weighted by Crippen LogP contribution is 2.06. The Balaban J connectivity index is 2.64. The fourth-order valence-corrected chi connectivity index (χ4v) is 0.777. The standard InChI is InChI=1S/C7H8ClN3O2/c1-4(7(12)13)9-6-3-2-5(8)10-11-6/h2-4H,1H3,(H,9,11)(H,12,13). The number of carbonyl (C=O) groups is 1. The number of carboxylic acid groups (broad SMARTS) is 1. The van der Waals surface area contributed by atoms with Gasteiger partial charge in [0.05, 0.1) is 0 Å². The van der Waals surface area contributed by atoms with Crippen molar-refractivity contribution in [3.63, 3.8) is 0 Å². The monoisotopic (exact) mass is 201 g/mol. The predicted octanol–water partition coefficient (Wildman–Crippen LogP) is 1.01. The lowest BCUT2D eigenvalue weighted by Gasteiger charge is -2.08. The molecule has 70 valence electrons. The Hall–Kier alpha value is -1.36. The molecule has 0 aliphatic carbocycles. The normalized spacial score (nSPS) is 12.2. The van der Waals surface area contributed by atoms with Gasteiger partial charge in [0.25, 0.3) is 0 Å². The lowest BCUT2D eigenvalue weighted by molar-refractivity contribution is -0.137. The van der Waals surface area contributed by atoms with Crippen LogP contribution in [0.3, 0.4) is 0 Å². The molecule has 0 saturated heterocycles. The van der Waals surface area contributed by atoms with Gasteiger partial charge in [0.2, 0.25) is 0 Å². The van der Waals surface area contributed by atoms with E-state index in [0.717, 1.165) is 0 Å². The Morgan fingerprint density at radius 3 is 2.77 bits per heavy atom. The summed E-state index contributed by atoms with van der Waals surface area (Å²) < 4.78 is 0. The van der Waals surface area contributed by atoms with Crippen molar-refractivity contribution in [3.05, 3.63) is 17.3 Å². The predicted molar refractivity (Wildman–Crippen MR) is 47.8 cm³/mol. The average Bonchev–Trinajstić information content (AvgIpc) is 2.08. The summed E-state index contributed by atoms with van der Waals surface area (Å²) in [6.07, 6.45) is 0. The van der Waals surface area contributed by atoms with Crippen LogP contribution in [0.5, 0.6) is 0 Å². The molecule has 6 heteroatoms. The van der Waals surface area contributed by atoms with Crippen LogP contribution >= 0.6 is 11.6 Å². The third-order valence-corrected chi connectivity index (χ3v) is 1.57. The maximum absolute atomic E-state index is 10.4. The van der Waals surface area contributed by atoms with Gasteiger partial charge in [0.1, 0.15) is 11.9 Å². The summed E-state index contributed by atoms with van der Waals surface area (Å²) in [5.74, 6) is -0.559. The van der Waals surface area contributed by atoms with E-state index < -0.39 is 12.0 Å². The molecule has 0 spiro atoms. The van der Waals surface area contributed by atoms with Gasteiger partial charge in [-0.15, -0.1) is 10.2 Å². The smallest absolute Gasteiger partial charge is 0.325 e. The van der Waals surface area contributed by atoms with Crippen LogP contribution in [0.25, 0.3) is 0 Å². The molecule has 0 aliphatic rings. The first-order valence-corrected chi connectivity index (χ1v) is 3.96. The number of halogens is 1. The summed E-state index contributed by atoms with van der Waals surface area (Å²) >= 11 is 5.49. The number of aliphatic carboxylic acids is 1. The first-order chi connectivity index (χ1) is 6.09. The number of hydrogen-bond acceptors (Lipinski definition) is 4. The minimum atomic E-state index is -0.947. The number of nitrogens with zero attached hydrogens (tertiary/aromatic N) is 2. The van der Waals surface area contributed by atoms with Gasteiger partial charge in [-0.25, -0.2) is 0 Å². The van der Waals surface area contributed by atoms with Crippen LogP contribution in [0.15, 0.2) is 12.1 Å². The molecule has 0 aliphatic heterocycles. The van der Waals surface area contributed by atoms with E-state index in [0.29, 0.717) is 5.82 Å². The van der Waals surface area contributed by atoms with E-state index in [-0.39, 0.29) is 5.15 Å². The van der Waals surface area contributed by atoms with Crippen LogP contribution in [-0.4, -0.2) is 27.3 Å². The molecular formula is C7H8ClN3O2. The van der Waals surface area contributed by atoms with Gasteiger partial charge in [-0.05, 0) is 19.1 Å². The summed E-state index contributed by atoms with van der Waals surface area (Å²) in [5.41, 5.74) is 0. The Labute approximate surface area is 79.7 Å². The first-order valence-electron chi connectivity index (χ1n) is 3.58. The van der Waals surface area contributed by atoms with Gasteiger partial charge in [-0.2, -0.15) is 0 Å². The number of aromatic nitrogens is 2. The van der Waals surface area contributed by atoms with Crippen molar-refractivity contribution in [1.29, 1.82) is 0 Å². The topological polar surface area (TPSA) is 75.1 Å². The first kappa shape index (κ1) is 9.73. The fourth-order valence-electron chi connectivity index (χ4n) is 0.677. The van der Waals surface area contributed by atoms with Gasteiger partial charge in [-0.1, -0.05) is 11.6 Å². The number of anilines is 1. The lowest BCUT2D eigenvalue weighted by atomic mass is 10.3. The van der Waals surface area contributed by atoms with E-state index in [2.05, 4.69) is 15.5 Å². The SMILES string of the molecule is CC(Nc1ccc(Cl)nn1)C(=O)O. The summed E-state index contributed by atoms with van der Waals surface area (Å²) in [4.78, 5) is 10.4. The van der Waals surface area contributed by atoms with Crippen LogP contribution in [0.4, 0.5) is 5.82 Å². The van der Waals surface area contributed by atoms with Crippen LogP contribution in [-0.2, 0) is 4.79 Å². The third-order valence-electron chi connectivity index (χ3n) is 1.37. The lowest BCUT2D eigenvalue weighted by Crippen LogP contribution is -2.25. The summed E-state index contributed by atoms with van der Waals surface area (Å²) in [7, 11) is 0. The molecule has 0 bridgehead atoms. The quantitative estimate of drug-likeness (QED) is 0.764. The molecule has 0 aromatic carbocycles. The molecule has 0 radical (unpaired) electrons. The molecule has 1 atom stereocenters. The van der Waals surface area contributed by atoms with Crippen molar-refractivity contribution in [1.82, 2.24) is 10.2 Å². The van der Waals surface area contributed by atoms with Crippen molar-refractivity contribution in [3.8, 4) is 0 Å². The molecule has 1 heterocycles. The second kappa shape index (κ2) is 4.04. The molecule has 0 fully saturated rings. The molecule has 2 N–H and O–H groups in total. The molecule has 0 amide bonds. The van der Waals surface area contributed by atoms with E-state index in [1.54, 1.807) is 6.07 Å². The van der Waals surface area contributed by atoms with E-state index in [9.17, 15) is 4.79 Å². The molecule has 5 nitrogen and oxygen atoms in total. The Morgan fingerprint density at radius 2 is 2.31 bits per heavy atom. The van der Waals surface area contributed by atoms with Crippen molar-refractivity contribution >= 4 is 23.4 Å². The van der Waals surface area contributed by atoms with Gasteiger partial charge < -0.3 is 10.4 Å². The van der Waals surface area contributed by atoms with Gasteiger partial charge >= 0.3 is 5.97 Å². The van der Waals surface area contributed by atoms with Gasteiger partial charge in [0, 0.05) is 0 Å². The number of carboxylic acids is 1. The highest BCUT2D eigenvalue weighted by atomic mass is 35.5. The minimum absolute atomic E-state index is 0.272. The molecule has 1 unspecified atom stereocenters. The van der Waals surface area contributed by atoms with Crippen LogP contribution < -0.4 is 5.32 Å². The Kier molecular flexibility index (Phi) is 3.02. The Bertz CT molecular complexity index is 301. The second-order valence-electron chi connectivity index (χ2n) is 2.45. The van der Waals surface area contributed by atoms with Crippen molar-refractivity contribution in [2.45, 2.75) is 13.0 Å². The summed E-state index contributed by atoms with van der Waals surface area (Å²) in [6, 6.07) is 2.40. The number of nitrogens with one attached hydrogen (secondary N) is 1. The van der Waals surface area contributed by atoms with Crippen LogP contribution in [0, 0.1) is 0 Å². The fraction of sp³-hybridized carbons (Fsp3) is 0.286. The largest absolute Gasteiger partial charge is 0.480 e. The van der Waals surface area contributed by atoms with Gasteiger partial charge in [-0.3, -0.25) is 4.79 Å². The zero-order chi connectivity index (χ0) is 9.84. The second-order valence-corrected chi connectivity index (χ2v) is 2.83.